The van der Waals surface area contributed by atoms with Crippen molar-refractivity contribution in [2.75, 3.05) is 24.6 Å². The smallest absolute Gasteiger partial charge is 0.251 e. The fourth-order valence-electron chi connectivity index (χ4n) is 3.44. The van der Waals surface area contributed by atoms with E-state index >= 15 is 0 Å². The van der Waals surface area contributed by atoms with Crippen LogP contribution in [0.3, 0.4) is 0 Å². The van der Waals surface area contributed by atoms with E-state index in [0.717, 1.165) is 19.4 Å². The third-order valence-electron chi connectivity index (χ3n) is 4.70. The molecule has 5 heteroatoms. The first kappa shape index (κ1) is 18.6. The number of benzene rings is 2. The molecular weight excluding hydrogens is 348 g/mol. The molecule has 1 N–H and O–H groups in total. The van der Waals surface area contributed by atoms with Gasteiger partial charge in [-0.3, -0.25) is 4.79 Å². The van der Waals surface area contributed by atoms with Gasteiger partial charge >= 0.3 is 0 Å². The molecule has 1 heterocycles. The number of anilines is 1. The third-order valence-corrected chi connectivity index (χ3v) is 5.00. The fourth-order valence-corrected chi connectivity index (χ4v) is 3.67. The standard InChI is InChI=1S/C21H25ClN2O2/c1-3-26-20-10-9-17(14-18(20)22)21(25)23-11-6-12-24-15(2)13-16-7-4-5-8-19(16)24/h4-5,7-10,14-15H,3,6,11-13H2,1-2H3,(H,23,25)/t15-/m1/s1. The van der Waals surface area contributed by atoms with E-state index in [1.54, 1.807) is 18.2 Å². The van der Waals surface area contributed by atoms with Crippen molar-refractivity contribution in [3.05, 3.63) is 58.6 Å². The Morgan fingerprint density at radius 2 is 2.12 bits per heavy atom. The summed E-state index contributed by atoms with van der Waals surface area (Å²) in [5.41, 5.74) is 3.29. The van der Waals surface area contributed by atoms with Gasteiger partial charge in [-0.2, -0.15) is 0 Å². The SMILES string of the molecule is CCOc1ccc(C(=O)NCCCN2c3ccccc3C[C@H]2C)cc1Cl. The molecule has 0 aromatic heterocycles. The minimum absolute atomic E-state index is 0.107. The second-order valence-corrected chi connectivity index (χ2v) is 6.97. The van der Waals surface area contributed by atoms with Crippen LogP contribution in [0, 0.1) is 0 Å². The van der Waals surface area contributed by atoms with Crippen LogP contribution in [-0.2, 0) is 6.42 Å². The third kappa shape index (κ3) is 4.13. The molecule has 4 nitrogen and oxygen atoms in total. The maximum absolute atomic E-state index is 12.3. The zero-order valence-electron chi connectivity index (χ0n) is 15.3. The van der Waals surface area contributed by atoms with Crippen LogP contribution in [0.15, 0.2) is 42.5 Å². The van der Waals surface area contributed by atoms with Crippen molar-refractivity contribution in [2.45, 2.75) is 32.7 Å². The Balaban J connectivity index is 1.49. The minimum Gasteiger partial charge on any atom is -0.492 e. The van der Waals surface area contributed by atoms with Crippen LogP contribution in [0.2, 0.25) is 5.02 Å². The number of ether oxygens (including phenoxy) is 1. The number of hydrogen-bond donors (Lipinski definition) is 1. The lowest BCUT2D eigenvalue weighted by Gasteiger charge is -2.25. The Hall–Kier alpha value is -2.20. The molecule has 1 amide bonds. The van der Waals surface area contributed by atoms with Crippen LogP contribution >= 0.6 is 11.6 Å². The molecule has 0 fully saturated rings. The summed E-state index contributed by atoms with van der Waals surface area (Å²) < 4.78 is 5.40. The van der Waals surface area contributed by atoms with Gasteiger partial charge in [-0.25, -0.2) is 0 Å². The number of fused-ring (bicyclic) bond motifs is 1. The van der Waals surface area contributed by atoms with Crippen molar-refractivity contribution in [3.8, 4) is 5.75 Å². The van der Waals surface area contributed by atoms with Crippen molar-refractivity contribution in [2.24, 2.45) is 0 Å². The summed E-state index contributed by atoms with van der Waals surface area (Å²) in [5.74, 6) is 0.497. The molecule has 0 spiro atoms. The van der Waals surface area contributed by atoms with Crippen LogP contribution in [-0.4, -0.2) is 31.6 Å². The number of amides is 1. The zero-order valence-corrected chi connectivity index (χ0v) is 16.1. The molecule has 1 aliphatic rings. The van der Waals surface area contributed by atoms with Gasteiger partial charge in [0, 0.05) is 30.4 Å². The largest absolute Gasteiger partial charge is 0.492 e. The summed E-state index contributed by atoms with van der Waals surface area (Å²) in [4.78, 5) is 14.7. The minimum atomic E-state index is -0.107. The molecule has 2 aromatic carbocycles. The van der Waals surface area contributed by atoms with Gasteiger partial charge in [0.15, 0.2) is 0 Å². The lowest BCUT2D eigenvalue weighted by molar-refractivity contribution is 0.0953. The number of rotatable bonds is 7. The van der Waals surface area contributed by atoms with E-state index in [9.17, 15) is 4.79 Å². The van der Waals surface area contributed by atoms with E-state index in [-0.39, 0.29) is 5.91 Å². The fraction of sp³-hybridized carbons (Fsp3) is 0.381. The van der Waals surface area contributed by atoms with Crippen LogP contribution in [0.25, 0.3) is 0 Å². The highest BCUT2D eigenvalue weighted by Crippen LogP contribution is 2.31. The van der Waals surface area contributed by atoms with Gasteiger partial charge in [-0.1, -0.05) is 29.8 Å². The summed E-state index contributed by atoms with van der Waals surface area (Å²) in [6.07, 6.45) is 1.99. The molecule has 0 aliphatic carbocycles. The Morgan fingerprint density at radius 3 is 2.88 bits per heavy atom. The molecule has 0 bridgehead atoms. The quantitative estimate of drug-likeness (QED) is 0.736. The topological polar surface area (TPSA) is 41.6 Å². The number of para-hydroxylation sites is 1. The van der Waals surface area contributed by atoms with Crippen LogP contribution in [0.5, 0.6) is 5.75 Å². The highest BCUT2D eigenvalue weighted by molar-refractivity contribution is 6.32. The van der Waals surface area contributed by atoms with Gasteiger partial charge in [0.25, 0.3) is 5.91 Å². The van der Waals surface area contributed by atoms with E-state index < -0.39 is 0 Å². The molecule has 1 aliphatic heterocycles. The number of nitrogens with one attached hydrogen (secondary N) is 1. The number of nitrogens with zero attached hydrogens (tertiary/aromatic N) is 1. The number of halogens is 1. The predicted octanol–water partition coefficient (Wildman–Crippen LogP) is 4.31. The number of carbonyl (C=O) groups excluding carboxylic acids is 1. The highest BCUT2D eigenvalue weighted by atomic mass is 35.5. The molecule has 1 atom stereocenters. The molecule has 0 saturated carbocycles. The van der Waals surface area contributed by atoms with Crippen molar-refractivity contribution in [1.82, 2.24) is 5.32 Å². The van der Waals surface area contributed by atoms with Gasteiger partial charge in [-0.05, 0) is 56.5 Å². The molecular formula is C21H25ClN2O2. The molecule has 2 aromatic rings. The first-order valence-corrected chi connectivity index (χ1v) is 9.53. The highest BCUT2D eigenvalue weighted by Gasteiger charge is 2.24. The van der Waals surface area contributed by atoms with Gasteiger partial charge in [0.05, 0.1) is 11.6 Å². The molecule has 138 valence electrons. The molecule has 0 unspecified atom stereocenters. The first-order valence-electron chi connectivity index (χ1n) is 9.15. The van der Waals surface area contributed by atoms with E-state index in [2.05, 4.69) is 41.4 Å². The van der Waals surface area contributed by atoms with Gasteiger partial charge in [0.2, 0.25) is 0 Å². The van der Waals surface area contributed by atoms with E-state index in [0.29, 0.717) is 35.5 Å². The second kappa shape index (κ2) is 8.45. The normalized spacial score (nSPS) is 15.7. The second-order valence-electron chi connectivity index (χ2n) is 6.56. The zero-order chi connectivity index (χ0) is 18.5. The number of hydrogen-bond acceptors (Lipinski definition) is 3. The maximum Gasteiger partial charge on any atom is 0.251 e. The van der Waals surface area contributed by atoms with Gasteiger partial charge < -0.3 is 15.0 Å². The average Bonchev–Trinajstić information content (AvgIpc) is 2.95. The molecule has 0 radical (unpaired) electrons. The van der Waals surface area contributed by atoms with E-state index in [1.807, 2.05) is 6.92 Å². The van der Waals surface area contributed by atoms with Crippen LogP contribution in [0.1, 0.15) is 36.2 Å². The average molecular weight is 373 g/mol. The molecule has 26 heavy (non-hydrogen) atoms. The van der Waals surface area contributed by atoms with Crippen molar-refractivity contribution < 1.29 is 9.53 Å². The Labute approximate surface area is 160 Å². The first-order chi connectivity index (χ1) is 12.6. The lowest BCUT2D eigenvalue weighted by atomic mass is 10.1. The van der Waals surface area contributed by atoms with E-state index in [4.69, 9.17) is 16.3 Å². The van der Waals surface area contributed by atoms with E-state index in [1.165, 1.54) is 11.3 Å². The van der Waals surface area contributed by atoms with Crippen molar-refractivity contribution in [1.29, 1.82) is 0 Å². The number of carbonyl (C=O) groups is 1. The molecule has 0 saturated heterocycles. The van der Waals surface area contributed by atoms with Gasteiger partial charge in [0.1, 0.15) is 5.75 Å². The van der Waals surface area contributed by atoms with Crippen LogP contribution in [0.4, 0.5) is 5.69 Å². The predicted molar refractivity (Wildman–Crippen MR) is 107 cm³/mol. The summed E-state index contributed by atoms with van der Waals surface area (Å²) in [7, 11) is 0. The summed E-state index contributed by atoms with van der Waals surface area (Å²) in [5, 5.41) is 3.44. The summed E-state index contributed by atoms with van der Waals surface area (Å²) in [6.45, 7) is 6.26. The monoisotopic (exact) mass is 372 g/mol. The maximum atomic E-state index is 12.3. The molecule has 3 rings (SSSR count). The van der Waals surface area contributed by atoms with Gasteiger partial charge in [-0.15, -0.1) is 0 Å². The summed E-state index contributed by atoms with van der Waals surface area (Å²) >= 11 is 6.15. The summed E-state index contributed by atoms with van der Waals surface area (Å²) in [6, 6.07) is 14.2. The Kier molecular flexibility index (Phi) is 6.04. The Morgan fingerprint density at radius 1 is 1.31 bits per heavy atom. The van der Waals surface area contributed by atoms with Crippen molar-refractivity contribution in [3.63, 3.8) is 0 Å². The Bertz CT molecular complexity index is 778. The lowest BCUT2D eigenvalue weighted by Crippen LogP contribution is -2.33. The van der Waals surface area contributed by atoms with Crippen LogP contribution < -0.4 is 15.0 Å². The van der Waals surface area contributed by atoms with Crippen molar-refractivity contribution >= 4 is 23.2 Å².